The van der Waals surface area contributed by atoms with Gasteiger partial charge >= 0.3 is 12.0 Å². The van der Waals surface area contributed by atoms with Crippen LogP contribution < -0.4 is 15.0 Å². The van der Waals surface area contributed by atoms with Crippen LogP contribution in [0.5, 0.6) is 5.75 Å². The molecule has 4 rings (SSSR count). The summed E-state index contributed by atoms with van der Waals surface area (Å²) in [4.78, 5) is 51.9. The van der Waals surface area contributed by atoms with E-state index < -0.39 is 23.8 Å². The maximum absolute atomic E-state index is 13.2. The zero-order valence-electron chi connectivity index (χ0n) is 18.0. The lowest BCUT2D eigenvalue weighted by Gasteiger charge is -2.26. The van der Waals surface area contributed by atoms with Crippen LogP contribution in [0.4, 0.5) is 10.5 Å². The lowest BCUT2D eigenvalue weighted by atomic mass is 10.1. The number of imide groups is 2. The molecule has 3 aromatic carbocycles. The van der Waals surface area contributed by atoms with Gasteiger partial charge in [0, 0.05) is 15.1 Å². The minimum atomic E-state index is -0.888. The molecule has 0 saturated carbocycles. The number of barbiturate groups is 1. The molecule has 1 aliphatic rings. The second-order valence-corrected chi connectivity index (χ2v) is 9.71. The molecule has 0 spiro atoms. The summed E-state index contributed by atoms with van der Waals surface area (Å²) in [5, 5.41) is 2.58. The Labute approximate surface area is 222 Å². The number of esters is 1. The third-order valence-corrected chi connectivity index (χ3v) is 6.27. The molecule has 0 aliphatic carbocycles. The molecule has 4 amide bonds. The Morgan fingerprint density at radius 1 is 1.03 bits per heavy atom. The quantitative estimate of drug-likeness (QED) is 0.166. The lowest BCUT2D eigenvalue weighted by Crippen LogP contribution is -2.54. The molecule has 1 saturated heterocycles. The normalized spacial score (nSPS) is 14.8. The summed E-state index contributed by atoms with van der Waals surface area (Å²) in [5.41, 5.74) is 1.39. The van der Waals surface area contributed by atoms with Gasteiger partial charge in [-0.25, -0.2) is 14.5 Å². The Hall–Kier alpha value is -3.27. The van der Waals surface area contributed by atoms with Gasteiger partial charge in [-0.1, -0.05) is 45.2 Å². The van der Waals surface area contributed by atoms with Crippen LogP contribution in [0, 0.1) is 6.92 Å². The van der Waals surface area contributed by atoms with E-state index in [2.05, 4.69) is 37.2 Å². The van der Waals surface area contributed by atoms with Crippen molar-refractivity contribution in [2.45, 2.75) is 6.92 Å². The number of anilines is 1. The minimum Gasteiger partial charge on any atom is -0.421 e. The molecule has 1 fully saturated rings. The van der Waals surface area contributed by atoms with Crippen molar-refractivity contribution >= 4 is 79.0 Å². The summed E-state index contributed by atoms with van der Waals surface area (Å²) < 4.78 is 6.65. The van der Waals surface area contributed by atoms with E-state index in [0.29, 0.717) is 19.5 Å². The minimum absolute atomic E-state index is 0.0998. The summed E-state index contributed by atoms with van der Waals surface area (Å²) in [6.45, 7) is 1.85. The number of aryl methyl sites for hydroxylation is 1. The SMILES string of the molecule is Cc1cccc(C(=O)Oc2c(Br)cc(Br)cc2/C=C2/C(=O)NC(=O)N(c3ccc(Cl)cc3)C2=O)c1. The fourth-order valence-electron chi connectivity index (χ4n) is 3.36. The molecular formula is C25H15Br2ClN2O5. The van der Waals surface area contributed by atoms with Crippen LogP contribution in [-0.4, -0.2) is 23.8 Å². The zero-order valence-corrected chi connectivity index (χ0v) is 21.9. The molecule has 0 radical (unpaired) electrons. The van der Waals surface area contributed by atoms with Crippen LogP contribution in [0.3, 0.4) is 0 Å². The van der Waals surface area contributed by atoms with Gasteiger partial charge in [-0.2, -0.15) is 0 Å². The molecule has 0 aromatic heterocycles. The number of benzene rings is 3. The average Bonchev–Trinajstić information content (AvgIpc) is 2.79. The fraction of sp³-hybridized carbons (Fsp3) is 0.0400. The second kappa shape index (κ2) is 10.2. The van der Waals surface area contributed by atoms with E-state index in [4.69, 9.17) is 16.3 Å². The third-order valence-electron chi connectivity index (χ3n) is 4.97. The molecule has 0 atom stereocenters. The number of hydrogen-bond donors (Lipinski definition) is 1. The summed E-state index contributed by atoms with van der Waals surface area (Å²) in [6.07, 6.45) is 1.27. The number of carbonyl (C=O) groups is 4. The Morgan fingerprint density at radius 2 is 1.74 bits per heavy atom. The van der Waals surface area contributed by atoms with Gasteiger partial charge in [-0.15, -0.1) is 0 Å². The van der Waals surface area contributed by atoms with Gasteiger partial charge in [-0.05, 0) is 77.5 Å². The molecular weight excluding hydrogens is 604 g/mol. The van der Waals surface area contributed by atoms with Gasteiger partial charge in [-0.3, -0.25) is 14.9 Å². The number of rotatable bonds is 4. The molecule has 1 aliphatic heterocycles. The van der Waals surface area contributed by atoms with E-state index in [-0.39, 0.29) is 22.6 Å². The highest BCUT2D eigenvalue weighted by atomic mass is 79.9. The fourth-order valence-corrected chi connectivity index (χ4v) is 4.82. The predicted molar refractivity (Wildman–Crippen MR) is 138 cm³/mol. The number of halogens is 3. The first-order chi connectivity index (χ1) is 16.6. The van der Waals surface area contributed by atoms with E-state index >= 15 is 0 Å². The Morgan fingerprint density at radius 3 is 2.43 bits per heavy atom. The van der Waals surface area contributed by atoms with Crippen molar-refractivity contribution in [1.29, 1.82) is 0 Å². The number of nitrogens with zero attached hydrogens (tertiary/aromatic N) is 1. The van der Waals surface area contributed by atoms with Crippen LogP contribution in [0.2, 0.25) is 5.02 Å². The Bertz CT molecular complexity index is 1420. The van der Waals surface area contributed by atoms with Gasteiger partial charge in [0.05, 0.1) is 15.7 Å². The number of urea groups is 1. The molecule has 1 N–H and O–H groups in total. The molecule has 3 aromatic rings. The first-order valence-corrected chi connectivity index (χ1v) is 12.1. The largest absolute Gasteiger partial charge is 0.421 e. The number of hydrogen-bond acceptors (Lipinski definition) is 5. The molecule has 1 heterocycles. The number of carbonyl (C=O) groups excluding carboxylic acids is 4. The number of amides is 4. The van der Waals surface area contributed by atoms with Crippen LogP contribution in [0.25, 0.3) is 6.08 Å². The summed E-state index contributed by atoms with van der Waals surface area (Å²) in [5.74, 6) is -2.23. The molecule has 7 nitrogen and oxygen atoms in total. The highest BCUT2D eigenvalue weighted by Gasteiger charge is 2.37. The topological polar surface area (TPSA) is 92.8 Å². The van der Waals surface area contributed by atoms with E-state index in [9.17, 15) is 19.2 Å². The lowest BCUT2D eigenvalue weighted by molar-refractivity contribution is -0.122. The van der Waals surface area contributed by atoms with Gasteiger partial charge in [0.15, 0.2) is 5.75 Å². The highest BCUT2D eigenvalue weighted by molar-refractivity contribution is 9.11. The van der Waals surface area contributed by atoms with Crippen molar-refractivity contribution in [3.05, 3.63) is 96.9 Å². The van der Waals surface area contributed by atoms with E-state index in [1.807, 2.05) is 13.0 Å². The van der Waals surface area contributed by atoms with Gasteiger partial charge in [0.1, 0.15) is 5.57 Å². The van der Waals surface area contributed by atoms with Crippen molar-refractivity contribution < 1.29 is 23.9 Å². The van der Waals surface area contributed by atoms with Crippen LogP contribution in [-0.2, 0) is 9.59 Å². The Kier molecular flexibility index (Phi) is 7.20. The van der Waals surface area contributed by atoms with Crippen molar-refractivity contribution in [3.63, 3.8) is 0 Å². The predicted octanol–water partition coefficient (Wildman–Crippen LogP) is 6.06. The standard InChI is InChI=1S/C25H15Br2ClN2O5/c1-13-3-2-4-14(9-13)24(33)35-21-15(10-16(26)12-20(21)27)11-19-22(31)29-25(34)30(23(19)32)18-7-5-17(28)6-8-18/h2-12H,1H3,(H,29,31,34)/b19-11-. The van der Waals surface area contributed by atoms with Gasteiger partial charge in [0.2, 0.25) is 0 Å². The molecule has 0 bridgehead atoms. The van der Waals surface area contributed by atoms with Crippen LogP contribution in [0.15, 0.2) is 75.2 Å². The van der Waals surface area contributed by atoms with Crippen molar-refractivity contribution in [2.75, 3.05) is 4.90 Å². The summed E-state index contributed by atoms with van der Waals surface area (Å²) in [7, 11) is 0. The van der Waals surface area contributed by atoms with Gasteiger partial charge < -0.3 is 4.74 Å². The monoisotopic (exact) mass is 616 g/mol. The highest BCUT2D eigenvalue weighted by Crippen LogP contribution is 2.36. The maximum Gasteiger partial charge on any atom is 0.343 e. The average molecular weight is 619 g/mol. The van der Waals surface area contributed by atoms with Crippen LogP contribution in [0.1, 0.15) is 21.5 Å². The van der Waals surface area contributed by atoms with Crippen molar-refractivity contribution in [1.82, 2.24) is 5.32 Å². The van der Waals surface area contributed by atoms with Crippen LogP contribution >= 0.6 is 43.5 Å². The smallest absolute Gasteiger partial charge is 0.343 e. The molecule has 10 heteroatoms. The van der Waals surface area contributed by atoms with Crippen molar-refractivity contribution in [2.24, 2.45) is 0 Å². The third kappa shape index (κ3) is 5.37. The Balaban J connectivity index is 1.75. The van der Waals surface area contributed by atoms with E-state index in [1.54, 1.807) is 30.3 Å². The summed E-state index contributed by atoms with van der Waals surface area (Å²) >= 11 is 12.6. The maximum atomic E-state index is 13.2. The molecule has 0 unspecified atom stereocenters. The molecule has 176 valence electrons. The first kappa shape index (κ1) is 24.8. The van der Waals surface area contributed by atoms with Crippen molar-refractivity contribution in [3.8, 4) is 5.75 Å². The first-order valence-electron chi connectivity index (χ1n) is 10.1. The zero-order chi connectivity index (χ0) is 25.3. The second-order valence-electron chi connectivity index (χ2n) is 7.50. The van der Waals surface area contributed by atoms with E-state index in [1.165, 1.54) is 30.3 Å². The number of ether oxygens (including phenoxy) is 1. The van der Waals surface area contributed by atoms with E-state index in [0.717, 1.165) is 10.5 Å². The van der Waals surface area contributed by atoms with Gasteiger partial charge in [0.25, 0.3) is 11.8 Å². The number of nitrogens with one attached hydrogen (secondary N) is 1. The molecule has 35 heavy (non-hydrogen) atoms. The summed E-state index contributed by atoms with van der Waals surface area (Å²) in [6, 6.07) is 15.2.